The summed E-state index contributed by atoms with van der Waals surface area (Å²) in [6, 6.07) is 0. The van der Waals surface area contributed by atoms with Crippen LogP contribution in [-0.2, 0) is 4.74 Å². The highest BCUT2D eigenvalue weighted by atomic mass is 16.5. The number of piperidine rings is 1. The molecule has 0 aromatic heterocycles. The number of hydrogen-bond donors (Lipinski definition) is 0. The van der Waals surface area contributed by atoms with E-state index in [9.17, 15) is 0 Å². The highest BCUT2D eigenvalue weighted by Gasteiger charge is 2.41. The molecule has 2 aliphatic rings. The van der Waals surface area contributed by atoms with Gasteiger partial charge in [-0.2, -0.15) is 0 Å². The topological polar surface area (TPSA) is 12.5 Å². The number of likely N-dealkylation sites (tertiary alicyclic amines) is 1. The van der Waals surface area contributed by atoms with Crippen molar-refractivity contribution in [2.75, 3.05) is 26.7 Å². The second-order valence-electron chi connectivity index (χ2n) is 5.09. The molecule has 90 valence electrons. The molecule has 0 unspecified atom stereocenters. The molecule has 0 aliphatic carbocycles. The molecule has 2 rings (SSSR count). The molecule has 2 heteroatoms. The Hall–Kier alpha value is -0.600. The van der Waals surface area contributed by atoms with E-state index in [1.165, 1.54) is 11.1 Å². The van der Waals surface area contributed by atoms with E-state index in [2.05, 4.69) is 37.9 Å². The van der Waals surface area contributed by atoms with Gasteiger partial charge in [0.25, 0.3) is 0 Å². The third-order valence-electron chi connectivity index (χ3n) is 3.83. The van der Waals surface area contributed by atoms with E-state index >= 15 is 0 Å². The van der Waals surface area contributed by atoms with Crippen LogP contribution in [0.25, 0.3) is 0 Å². The molecule has 0 aromatic carbocycles. The lowest BCUT2D eigenvalue weighted by molar-refractivity contribution is -0.0243. The highest BCUT2D eigenvalue weighted by molar-refractivity contribution is 5.38. The molecule has 1 fully saturated rings. The van der Waals surface area contributed by atoms with Crippen molar-refractivity contribution in [1.29, 1.82) is 0 Å². The fraction of sp³-hybridized carbons (Fsp3) is 0.714. The summed E-state index contributed by atoms with van der Waals surface area (Å²) in [5.41, 5.74) is 2.93. The van der Waals surface area contributed by atoms with Gasteiger partial charge in [-0.3, -0.25) is 0 Å². The Morgan fingerprint density at radius 3 is 2.69 bits per heavy atom. The molecule has 0 atom stereocenters. The maximum Gasteiger partial charge on any atom is 0.0960 e. The first-order valence-electron chi connectivity index (χ1n) is 6.37. The second kappa shape index (κ2) is 4.72. The van der Waals surface area contributed by atoms with Gasteiger partial charge >= 0.3 is 0 Å². The van der Waals surface area contributed by atoms with E-state index in [0.717, 1.165) is 39.0 Å². The molecular formula is C14H23NO. The third kappa shape index (κ3) is 2.09. The first kappa shape index (κ1) is 11.9. The van der Waals surface area contributed by atoms with E-state index in [-0.39, 0.29) is 5.60 Å². The average molecular weight is 221 g/mol. The van der Waals surface area contributed by atoms with Gasteiger partial charge in [0.1, 0.15) is 0 Å². The molecule has 2 heterocycles. The molecule has 0 bridgehead atoms. The van der Waals surface area contributed by atoms with Gasteiger partial charge in [0.2, 0.25) is 0 Å². The molecule has 1 spiro atoms. The quantitative estimate of drug-likeness (QED) is 0.711. The van der Waals surface area contributed by atoms with Crippen LogP contribution >= 0.6 is 0 Å². The van der Waals surface area contributed by atoms with Crippen LogP contribution in [-0.4, -0.2) is 37.2 Å². The normalized spacial score (nSPS) is 26.2. The Labute approximate surface area is 99.0 Å². The summed E-state index contributed by atoms with van der Waals surface area (Å²) in [6.45, 7) is 7.52. The Bertz CT molecular complexity index is 309. The van der Waals surface area contributed by atoms with Crippen molar-refractivity contribution in [3.63, 3.8) is 0 Å². The van der Waals surface area contributed by atoms with E-state index in [1.807, 2.05) is 0 Å². The van der Waals surface area contributed by atoms with Crippen molar-refractivity contribution in [3.05, 3.63) is 23.3 Å². The zero-order chi connectivity index (χ0) is 11.6. The zero-order valence-corrected chi connectivity index (χ0v) is 10.8. The Morgan fingerprint density at radius 1 is 1.38 bits per heavy atom. The third-order valence-corrected chi connectivity index (χ3v) is 3.83. The average Bonchev–Trinajstić information content (AvgIpc) is 2.58. The zero-order valence-electron chi connectivity index (χ0n) is 10.8. The smallest absolute Gasteiger partial charge is 0.0960 e. The minimum Gasteiger partial charge on any atom is -0.366 e. The van der Waals surface area contributed by atoms with Crippen LogP contribution in [0, 0.1) is 0 Å². The molecule has 0 saturated carbocycles. The molecular weight excluding hydrogens is 198 g/mol. The minimum absolute atomic E-state index is 0.0439. The predicted molar refractivity (Wildman–Crippen MR) is 67.5 cm³/mol. The van der Waals surface area contributed by atoms with Crippen LogP contribution in [0.15, 0.2) is 23.3 Å². The van der Waals surface area contributed by atoms with E-state index < -0.39 is 0 Å². The van der Waals surface area contributed by atoms with E-state index in [0.29, 0.717) is 0 Å². The fourth-order valence-electron chi connectivity index (χ4n) is 2.71. The van der Waals surface area contributed by atoms with Crippen molar-refractivity contribution in [3.8, 4) is 0 Å². The predicted octanol–water partition coefficient (Wildman–Crippen LogP) is 2.76. The summed E-state index contributed by atoms with van der Waals surface area (Å²) < 4.78 is 6.10. The standard InChI is InChI=1S/C14H23NO/c1-4-5-6-13-12(2)11-16-14(13)7-9-15(3)10-8-14/h5-6H,4,7-11H2,1-3H3/b6-5-. The summed E-state index contributed by atoms with van der Waals surface area (Å²) >= 11 is 0. The van der Waals surface area contributed by atoms with Crippen LogP contribution in [0.5, 0.6) is 0 Å². The number of rotatable bonds is 2. The monoisotopic (exact) mass is 221 g/mol. The summed E-state index contributed by atoms with van der Waals surface area (Å²) in [4.78, 5) is 2.39. The van der Waals surface area contributed by atoms with Crippen molar-refractivity contribution in [1.82, 2.24) is 4.90 Å². The van der Waals surface area contributed by atoms with Crippen LogP contribution in [0.1, 0.15) is 33.1 Å². The van der Waals surface area contributed by atoms with Crippen molar-refractivity contribution in [2.24, 2.45) is 0 Å². The van der Waals surface area contributed by atoms with Gasteiger partial charge in [-0.25, -0.2) is 0 Å². The van der Waals surface area contributed by atoms with Gasteiger partial charge in [0.05, 0.1) is 12.2 Å². The molecule has 0 radical (unpaired) electrons. The maximum atomic E-state index is 6.10. The SMILES string of the molecule is CC/C=C\C1=C(C)COC12CCN(C)CC2. The minimum atomic E-state index is 0.0439. The lowest BCUT2D eigenvalue weighted by Gasteiger charge is -2.38. The molecule has 16 heavy (non-hydrogen) atoms. The van der Waals surface area contributed by atoms with Gasteiger partial charge in [-0.15, -0.1) is 0 Å². The first-order valence-corrected chi connectivity index (χ1v) is 6.37. The summed E-state index contributed by atoms with van der Waals surface area (Å²) in [5, 5.41) is 0. The maximum absolute atomic E-state index is 6.10. The van der Waals surface area contributed by atoms with Crippen molar-refractivity contribution in [2.45, 2.75) is 38.7 Å². The van der Waals surface area contributed by atoms with Crippen LogP contribution in [0.3, 0.4) is 0 Å². The van der Waals surface area contributed by atoms with Gasteiger partial charge in [0, 0.05) is 13.1 Å². The van der Waals surface area contributed by atoms with Gasteiger partial charge < -0.3 is 9.64 Å². The van der Waals surface area contributed by atoms with Crippen LogP contribution in [0.2, 0.25) is 0 Å². The van der Waals surface area contributed by atoms with Crippen molar-refractivity contribution < 1.29 is 4.74 Å². The van der Waals surface area contributed by atoms with Crippen molar-refractivity contribution >= 4 is 0 Å². The summed E-state index contributed by atoms with van der Waals surface area (Å²) in [5.74, 6) is 0. The Kier molecular flexibility index (Phi) is 3.50. The molecule has 2 nitrogen and oxygen atoms in total. The second-order valence-corrected chi connectivity index (χ2v) is 5.09. The number of nitrogens with zero attached hydrogens (tertiary/aromatic N) is 1. The number of allylic oxidation sites excluding steroid dienone is 1. The van der Waals surface area contributed by atoms with Gasteiger partial charge in [-0.1, -0.05) is 19.1 Å². The largest absolute Gasteiger partial charge is 0.366 e. The summed E-state index contributed by atoms with van der Waals surface area (Å²) in [7, 11) is 2.19. The molecule has 0 N–H and O–H groups in total. The summed E-state index contributed by atoms with van der Waals surface area (Å²) in [6.07, 6.45) is 7.95. The lowest BCUT2D eigenvalue weighted by Crippen LogP contribution is -2.43. The van der Waals surface area contributed by atoms with Crippen LogP contribution in [0.4, 0.5) is 0 Å². The van der Waals surface area contributed by atoms with Crippen LogP contribution < -0.4 is 0 Å². The van der Waals surface area contributed by atoms with E-state index in [4.69, 9.17) is 4.74 Å². The Balaban J connectivity index is 2.18. The van der Waals surface area contributed by atoms with E-state index in [1.54, 1.807) is 0 Å². The Morgan fingerprint density at radius 2 is 2.06 bits per heavy atom. The fourth-order valence-corrected chi connectivity index (χ4v) is 2.71. The number of hydrogen-bond acceptors (Lipinski definition) is 2. The molecule has 2 aliphatic heterocycles. The highest BCUT2D eigenvalue weighted by Crippen LogP contribution is 2.40. The van der Waals surface area contributed by atoms with Gasteiger partial charge in [-0.05, 0) is 44.4 Å². The first-order chi connectivity index (χ1) is 7.68. The molecule has 1 saturated heterocycles. The molecule has 0 amide bonds. The van der Waals surface area contributed by atoms with Gasteiger partial charge in [0.15, 0.2) is 0 Å². The molecule has 0 aromatic rings. The lowest BCUT2D eigenvalue weighted by atomic mass is 9.83. The number of ether oxygens (including phenoxy) is 1.